The summed E-state index contributed by atoms with van der Waals surface area (Å²) in [6, 6.07) is 7.49. The van der Waals surface area contributed by atoms with Crippen molar-refractivity contribution in [2.45, 2.75) is 58.5 Å². The SMILES string of the molecule is CN=C(NCCCCCCC(=O)OC(C)(C)C)N1CCN(c2ccccc2O)CC1. The molecule has 1 aliphatic heterocycles. The Morgan fingerprint density at radius 2 is 1.77 bits per heavy atom. The third kappa shape index (κ3) is 8.13. The summed E-state index contributed by atoms with van der Waals surface area (Å²) in [6.45, 7) is 10.00. The molecule has 168 valence electrons. The van der Waals surface area contributed by atoms with Gasteiger partial charge in [-0.15, -0.1) is 0 Å². The Morgan fingerprint density at radius 3 is 2.40 bits per heavy atom. The molecule has 1 heterocycles. The van der Waals surface area contributed by atoms with E-state index in [1.807, 2.05) is 46.0 Å². The predicted molar refractivity (Wildman–Crippen MR) is 122 cm³/mol. The van der Waals surface area contributed by atoms with Crippen molar-refractivity contribution in [2.75, 3.05) is 44.7 Å². The highest BCUT2D eigenvalue weighted by molar-refractivity contribution is 5.80. The molecule has 0 bridgehead atoms. The van der Waals surface area contributed by atoms with Crippen LogP contribution in [0.3, 0.4) is 0 Å². The third-order valence-electron chi connectivity index (χ3n) is 5.02. The Kier molecular flexibility index (Phi) is 9.27. The summed E-state index contributed by atoms with van der Waals surface area (Å²) in [5.74, 6) is 1.16. The van der Waals surface area contributed by atoms with Crippen LogP contribution >= 0.6 is 0 Å². The van der Waals surface area contributed by atoms with Crippen molar-refractivity contribution in [1.29, 1.82) is 0 Å². The Hall–Kier alpha value is -2.44. The molecule has 1 fully saturated rings. The van der Waals surface area contributed by atoms with E-state index in [2.05, 4.69) is 20.1 Å². The van der Waals surface area contributed by atoms with E-state index in [0.717, 1.165) is 70.1 Å². The summed E-state index contributed by atoms with van der Waals surface area (Å²) in [5.41, 5.74) is 0.496. The zero-order chi connectivity index (χ0) is 22.0. The number of ether oxygens (including phenoxy) is 1. The van der Waals surface area contributed by atoms with Crippen LogP contribution in [0, 0.1) is 0 Å². The fourth-order valence-electron chi connectivity index (χ4n) is 3.56. The van der Waals surface area contributed by atoms with Crippen LogP contribution in [0.25, 0.3) is 0 Å². The van der Waals surface area contributed by atoms with E-state index in [0.29, 0.717) is 12.2 Å². The molecule has 0 radical (unpaired) electrons. The van der Waals surface area contributed by atoms with Crippen molar-refractivity contribution in [3.63, 3.8) is 0 Å². The van der Waals surface area contributed by atoms with Gasteiger partial charge >= 0.3 is 5.97 Å². The molecule has 0 unspecified atom stereocenters. The van der Waals surface area contributed by atoms with Gasteiger partial charge in [-0.2, -0.15) is 0 Å². The number of carbonyl (C=O) groups excluding carboxylic acids is 1. The molecule has 2 rings (SSSR count). The minimum absolute atomic E-state index is 0.107. The van der Waals surface area contributed by atoms with Crippen LogP contribution in [-0.2, 0) is 9.53 Å². The number of para-hydroxylation sites is 2. The van der Waals surface area contributed by atoms with E-state index < -0.39 is 5.60 Å². The molecule has 0 spiro atoms. The highest BCUT2D eigenvalue weighted by Crippen LogP contribution is 2.27. The van der Waals surface area contributed by atoms with Crippen LogP contribution in [0.15, 0.2) is 29.3 Å². The van der Waals surface area contributed by atoms with E-state index in [4.69, 9.17) is 4.74 Å². The maximum absolute atomic E-state index is 11.7. The fourth-order valence-corrected chi connectivity index (χ4v) is 3.56. The first-order chi connectivity index (χ1) is 14.3. The number of phenols is 1. The number of nitrogens with zero attached hydrogens (tertiary/aromatic N) is 3. The van der Waals surface area contributed by atoms with Crippen molar-refractivity contribution in [1.82, 2.24) is 10.2 Å². The van der Waals surface area contributed by atoms with E-state index in [1.165, 1.54) is 0 Å². The molecule has 0 atom stereocenters. The molecule has 7 nitrogen and oxygen atoms in total. The second-order valence-electron chi connectivity index (χ2n) is 8.69. The van der Waals surface area contributed by atoms with E-state index in [-0.39, 0.29) is 5.97 Å². The van der Waals surface area contributed by atoms with Gasteiger partial charge in [0, 0.05) is 46.2 Å². The average molecular weight is 419 g/mol. The Balaban J connectivity index is 1.61. The van der Waals surface area contributed by atoms with Crippen molar-refractivity contribution < 1.29 is 14.6 Å². The highest BCUT2D eigenvalue weighted by atomic mass is 16.6. The highest BCUT2D eigenvalue weighted by Gasteiger charge is 2.21. The number of benzene rings is 1. The van der Waals surface area contributed by atoms with Gasteiger partial charge in [-0.05, 0) is 45.7 Å². The van der Waals surface area contributed by atoms with Crippen molar-refractivity contribution in [3.05, 3.63) is 24.3 Å². The van der Waals surface area contributed by atoms with Crippen LogP contribution in [-0.4, -0.2) is 67.3 Å². The minimum atomic E-state index is -0.399. The number of phenolic OH excluding ortho intramolecular Hbond substituents is 1. The number of piperazine rings is 1. The lowest BCUT2D eigenvalue weighted by molar-refractivity contribution is -0.154. The Bertz CT molecular complexity index is 692. The molecule has 7 heteroatoms. The van der Waals surface area contributed by atoms with Crippen LogP contribution in [0.5, 0.6) is 5.75 Å². The standard InChI is InChI=1S/C23H38N4O3/c1-23(2,3)30-21(29)13-7-5-6-10-14-25-22(24-4)27-17-15-26(16-18-27)19-11-8-9-12-20(19)28/h8-9,11-12,28H,5-7,10,13-18H2,1-4H3,(H,24,25). The number of carbonyl (C=O) groups is 1. The monoisotopic (exact) mass is 418 g/mol. The molecule has 1 aromatic carbocycles. The van der Waals surface area contributed by atoms with Crippen molar-refractivity contribution in [3.8, 4) is 5.75 Å². The Morgan fingerprint density at radius 1 is 1.10 bits per heavy atom. The molecule has 2 N–H and O–H groups in total. The fraction of sp³-hybridized carbons (Fsp3) is 0.652. The molecule has 0 aliphatic carbocycles. The second kappa shape index (κ2) is 11.7. The molecule has 1 aromatic rings. The van der Waals surface area contributed by atoms with Gasteiger partial charge in [0.1, 0.15) is 11.4 Å². The lowest BCUT2D eigenvalue weighted by Gasteiger charge is -2.37. The van der Waals surface area contributed by atoms with Crippen LogP contribution in [0.4, 0.5) is 5.69 Å². The number of rotatable bonds is 8. The van der Waals surface area contributed by atoms with Crippen molar-refractivity contribution in [2.24, 2.45) is 4.99 Å². The van der Waals surface area contributed by atoms with Gasteiger partial charge in [0.2, 0.25) is 0 Å². The quantitative estimate of drug-likeness (QED) is 0.292. The van der Waals surface area contributed by atoms with Crippen LogP contribution in [0.1, 0.15) is 52.9 Å². The van der Waals surface area contributed by atoms with Crippen LogP contribution in [0.2, 0.25) is 0 Å². The Labute approximate surface area is 181 Å². The molecule has 0 amide bonds. The maximum Gasteiger partial charge on any atom is 0.306 e. The topological polar surface area (TPSA) is 77.4 Å². The summed E-state index contributed by atoms with van der Waals surface area (Å²) < 4.78 is 5.33. The largest absolute Gasteiger partial charge is 0.506 e. The number of unbranched alkanes of at least 4 members (excludes halogenated alkanes) is 3. The first-order valence-corrected chi connectivity index (χ1v) is 11.0. The summed E-state index contributed by atoms with van der Waals surface area (Å²) >= 11 is 0. The lowest BCUT2D eigenvalue weighted by atomic mass is 10.1. The number of anilines is 1. The molecule has 1 aliphatic rings. The number of aromatic hydroxyl groups is 1. The molecular weight excluding hydrogens is 380 g/mol. The van der Waals surface area contributed by atoms with E-state index >= 15 is 0 Å². The molecular formula is C23H38N4O3. The maximum atomic E-state index is 11.7. The number of hydrogen-bond donors (Lipinski definition) is 2. The smallest absolute Gasteiger partial charge is 0.306 e. The van der Waals surface area contributed by atoms with Gasteiger partial charge in [0.25, 0.3) is 0 Å². The van der Waals surface area contributed by atoms with Crippen molar-refractivity contribution >= 4 is 17.6 Å². The first-order valence-electron chi connectivity index (χ1n) is 11.0. The van der Waals surface area contributed by atoms with Gasteiger partial charge in [-0.1, -0.05) is 25.0 Å². The number of hydrogen-bond acceptors (Lipinski definition) is 5. The van der Waals surface area contributed by atoms with Gasteiger partial charge in [-0.25, -0.2) is 0 Å². The van der Waals surface area contributed by atoms with E-state index in [9.17, 15) is 9.90 Å². The third-order valence-corrected chi connectivity index (χ3v) is 5.02. The predicted octanol–water partition coefficient (Wildman–Crippen LogP) is 3.38. The van der Waals surface area contributed by atoms with Gasteiger partial charge in [0.05, 0.1) is 5.69 Å². The zero-order valence-corrected chi connectivity index (χ0v) is 19.0. The second-order valence-corrected chi connectivity index (χ2v) is 8.69. The molecule has 30 heavy (non-hydrogen) atoms. The number of nitrogens with one attached hydrogen (secondary N) is 1. The van der Waals surface area contributed by atoms with Gasteiger partial charge in [0.15, 0.2) is 5.96 Å². The molecule has 0 saturated carbocycles. The average Bonchev–Trinajstić information content (AvgIpc) is 2.69. The summed E-state index contributed by atoms with van der Waals surface area (Å²) in [6.07, 6.45) is 4.52. The lowest BCUT2D eigenvalue weighted by Crippen LogP contribution is -2.52. The minimum Gasteiger partial charge on any atom is -0.506 e. The normalized spacial score (nSPS) is 15.3. The molecule has 1 saturated heterocycles. The summed E-state index contributed by atoms with van der Waals surface area (Å²) in [7, 11) is 1.82. The number of aliphatic imine (C=N–C) groups is 1. The number of esters is 1. The summed E-state index contributed by atoms with van der Waals surface area (Å²) in [4.78, 5) is 20.6. The van der Waals surface area contributed by atoms with Gasteiger partial charge in [-0.3, -0.25) is 9.79 Å². The zero-order valence-electron chi connectivity index (χ0n) is 19.0. The van der Waals surface area contributed by atoms with Gasteiger partial charge < -0.3 is 25.0 Å². The molecule has 0 aromatic heterocycles. The summed E-state index contributed by atoms with van der Waals surface area (Å²) in [5, 5.41) is 13.5. The van der Waals surface area contributed by atoms with E-state index in [1.54, 1.807) is 6.07 Å². The first kappa shape index (κ1) is 23.8. The van der Waals surface area contributed by atoms with Crippen LogP contribution < -0.4 is 10.2 Å². The number of guanidine groups is 1.